The van der Waals surface area contributed by atoms with Crippen molar-refractivity contribution in [3.63, 3.8) is 0 Å². The lowest BCUT2D eigenvalue weighted by Gasteiger charge is -2.40. The molecule has 0 fully saturated rings. The van der Waals surface area contributed by atoms with Gasteiger partial charge >= 0.3 is 24.7 Å². The van der Waals surface area contributed by atoms with Gasteiger partial charge in [-0.3, -0.25) is 0 Å². The van der Waals surface area contributed by atoms with Crippen LogP contribution in [0.2, 0.25) is 0 Å². The Morgan fingerprint density at radius 1 is 0.242 bits per heavy atom. The second-order valence-electron chi connectivity index (χ2n) is 14.9. The summed E-state index contributed by atoms with van der Waals surface area (Å²) in [4.78, 5) is 0. The zero-order valence-electron chi connectivity index (χ0n) is 31.6. The molecule has 314 valence electrons. The summed E-state index contributed by atoms with van der Waals surface area (Å²) in [6.45, 7) is 0. The predicted molar refractivity (Wildman–Crippen MR) is 214 cm³/mol. The quantitative estimate of drug-likeness (QED) is 0.147. The molecule has 2 aromatic heterocycles. The van der Waals surface area contributed by atoms with Crippen molar-refractivity contribution in [1.29, 1.82) is 0 Å². The van der Waals surface area contributed by atoms with Gasteiger partial charge in [-0.05, 0) is 70.8 Å². The van der Waals surface area contributed by atoms with Gasteiger partial charge in [-0.25, -0.2) is 0 Å². The Morgan fingerprint density at radius 3 is 0.645 bits per heavy atom. The Balaban J connectivity index is 1.18. The van der Waals surface area contributed by atoms with Gasteiger partial charge in [0.05, 0.1) is 22.1 Å². The zero-order chi connectivity index (χ0) is 44.0. The van der Waals surface area contributed by atoms with Crippen LogP contribution >= 0.6 is 0 Å². The molecule has 0 atom stereocenters. The molecule has 0 saturated heterocycles. The number of halogens is 12. The van der Waals surface area contributed by atoms with Crippen LogP contribution in [0.3, 0.4) is 0 Å². The largest absolute Gasteiger partial charge is 0.411 e. The highest BCUT2D eigenvalue weighted by Gasteiger charge is 2.74. The van der Waals surface area contributed by atoms with Crippen molar-refractivity contribution in [3.05, 3.63) is 192 Å². The summed E-state index contributed by atoms with van der Waals surface area (Å²) in [5.41, 5.74) is -12.9. The minimum atomic E-state index is -6.19. The molecular weight excluding hydrogens is 833 g/mol. The maximum atomic E-state index is 15.3. The van der Waals surface area contributed by atoms with Crippen molar-refractivity contribution in [2.75, 3.05) is 0 Å². The molecule has 0 amide bonds. The van der Waals surface area contributed by atoms with Crippen LogP contribution in [0.5, 0.6) is 0 Å². The van der Waals surface area contributed by atoms with Crippen LogP contribution in [0.25, 0.3) is 55.0 Å². The van der Waals surface area contributed by atoms with Crippen LogP contribution < -0.4 is 0 Å². The molecule has 62 heavy (non-hydrogen) atoms. The maximum absolute atomic E-state index is 15.3. The predicted octanol–water partition coefficient (Wildman–Crippen LogP) is 14.7. The SMILES string of the molecule is FC(F)(F)C(c1ccc(-n2c3ccccc3c3ccccc32)cc1)(c1ccc(C(c2ccc(-n3c4ccccc4c4ccccc43)cc2)(C(F)(F)F)C(F)(F)F)cc1)C(F)(F)F. The lowest BCUT2D eigenvalue weighted by Crippen LogP contribution is -2.55. The van der Waals surface area contributed by atoms with Gasteiger partial charge in [-0.2, -0.15) is 52.7 Å². The second kappa shape index (κ2) is 13.9. The first-order valence-electron chi connectivity index (χ1n) is 18.9. The first-order chi connectivity index (χ1) is 29.3. The van der Waals surface area contributed by atoms with Crippen LogP contribution in [-0.4, -0.2) is 33.8 Å². The Hall–Kier alpha value is -6.70. The van der Waals surface area contributed by atoms with E-state index in [1.165, 1.54) is 0 Å². The van der Waals surface area contributed by atoms with Gasteiger partial charge in [0.25, 0.3) is 0 Å². The van der Waals surface area contributed by atoms with E-state index in [9.17, 15) is 0 Å². The number of hydrogen-bond acceptors (Lipinski definition) is 0. The molecule has 0 N–H and O–H groups in total. The third-order valence-corrected chi connectivity index (χ3v) is 11.7. The number of para-hydroxylation sites is 4. The molecule has 7 aromatic carbocycles. The summed E-state index contributed by atoms with van der Waals surface area (Å²) in [7, 11) is 0. The highest BCUT2D eigenvalue weighted by molar-refractivity contribution is 6.10. The summed E-state index contributed by atoms with van der Waals surface area (Å²) in [6, 6.07) is 34.8. The van der Waals surface area contributed by atoms with E-state index in [0.29, 0.717) is 46.3 Å². The van der Waals surface area contributed by atoms with Crippen LogP contribution in [0.15, 0.2) is 170 Å². The van der Waals surface area contributed by atoms with E-state index in [4.69, 9.17) is 0 Å². The number of alkyl halides is 12. The van der Waals surface area contributed by atoms with Gasteiger partial charge in [0, 0.05) is 32.9 Å². The molecule has 0 radical (unpaired) electrons. The summed E-state index contributed by atoms with van der Waals surface area (Å²) >= 11 is 0. The van der Waals surface area contributed by atoms with Crippen molar-refractivity contribution in [2.45, 2.75) is 35.5 Å². The van der Waals surface area contributed by atoms with Gasteiger partial charge in [0.1, 0.15) is 0 Å². The molecule has 0 saturated carbocycles. The van der Waals surface area contributed by atoms with Gasteiger partial charge < -0.3 is 9.13 Å². The molecule has 2 nitrogen and oxygen atoms in total. The number of rotatable bonds is 6. The fraction of sp³-hybridized carbons (Fsp3) is 0.125. The molecule has 2 heterocycles. The minimum Gasteiger partial charge on any atom is -0.309 e. The number of hydrogen-bond donors (Lipinski definition) is 0. The Labute approximate surface area is 343 Å². The van der Waals surface area contributed by atoms with Crippen LogP contribution in [0.1, 0.15) is 22.3 Å². The number of benzene rings is 7. The van der Waals surface area contributed by atoms with Crippen molar-refractivity contribution in [3.8, 4) is 11.4 Å². The molecule has 9 aromatic rings. The Kier molecular flexibility index (Phi) is 9.13. The molecule has 0 aliphatic carbocycles. The first-order valence-corrected chi connectivity index (χ1v) is 18.9. The average molecular weight is 861 g/mol. The fourth-order valence-corrected chi connectivity index (χ4v) is 9.06. The summed E-state index contributed by atoms with van der Waals surface area (Å²) in [5, 5.41) is 3.06. The van der Waals surface area contributed by atoms with E-state index in [-0.39, 0.29) is 35.6 Å². The molecule has 0 aliphatic heterocycles. The van der Waals surface area contributed by atoms with E-state index in [1.807, 2.05) is 0 Å². The van der Waals surface area contributed by atoms with E-state index in [2.05, 4.69) is 0 Å². The van der Waals surface area contributed by atoms with Gasteiger partial charge in [-0.1, -0.05) is 121 Å². The summed E-state index contributed by atoms with van der Waals surface area (Å²) < 4.78 is 187. The highest BCUT2D eigenvalue weighted by atomic mass is 19.4. The van der Waals surface area contributed by atoms with E-state index >= 15 is 52.7 Å². The number of fused-ring (bicyclic) bond motifs is 6. The van der Waals surface area contributed by atoms with E-state index in [1.54, 1.807) is 106 Å². The standard InChI is InChI=1S/C48H28F12N2/c49-45(50,51)43(46(52,53)54,31-21-25-33(26-22-31)61-39-13-5-1-9-35(39)36-10-2-6-14-40(36)61)29-17-19-30(20-18-29)44(47(55,56)57,48(58,59)60)32-23-27-34(28-24-32)62-41-15-7-3-11-37(41)38-12-4-8-16-42(38)62/h1-28H. The van der Waals surface area contributed by atoms with Crippen molar-refractivity contribution < 1.29 is 52.7 Å². The first kappa shape index (κ1) is 40.7. The van der Waals surface area contributed by atoms with Crippen LogP contribution in [0.4, 0.5) is 52.7 Å². The van der Waals surface area contributed by atoms with Gasteiger partial charge in [-0.15, -0.1) is 0 Å². The monoisotopic (exact) mass is 860 g/mol. The van der Waals surface area contributed by atoms with Crippen LogP contribution in [0, 0.1) is 0 Å². The molecule has 0 spiro atoms. The summed E-state index contributed by atoms with van der Waals surface area (Å²) in [5.74, 6) is 0. The van der Waals surface area contributed by atoms with Crippen molar-refractivity contribution >= 4 is 43.6 Å². The van der Waals surface area contributed by atoms with Gasteiger partial charge in [0.15, 0.2) is 0 Å². The maximum Gasteiger partial charge on any atom is 0.411 e. The Bertz CT molecular complexity index is 2760. The second-order valence-corrected chi connectivity index (χ2v) is 14.9. The average Bonchev–Trinajstić information content (AvgIpc) is 3.74. The van der Waals surface area contributed by atoms with Crippen molar-refractivity contribution in [2.24, 2.45) is 0 Å². The smallest absolute Gasteiger partial charge is 0.309 e. The topological polar surface area (TPSA) is 9.86 Å². The van der Waals surface area contributed by atoms with Gasteiger partial charge in [0.2, 0.25) is 10.8 Å². The number of aromatic nitrogens is 2. The molecule has 0 bridgehead atoms. The number of nitrogens with zero attached hydrogens (tertiary/aromatic N) is 2. The third kappa shape index (κ3) is 5.75. The molecule has 0 unspecified atom stereocenters. The van der Waals surface area contributed by atoms with E-state index in [0.717, 1.165) is 45.8 Å². The molecule has 0 aliphatic rings. The van der Waals surface area contributed by atoms with E-state index < -0.39 is 57.8 Å². The Morgan fingerprint density at radius 2 is 0.435 bits per heavy atom. The normalized spacial score (nSPS) is 13.5. The summed E-state index contributed by atoms with van der Waals surface area (Å²) in [6.07, 6.45) is -24.7. The van der Waals surface area contributed by atoms with Crippen molar-refractivity contribution in [1.82, 2.24) is 9.13 Å². The van der Waals surface area contributed by atoms with Crippen LogP contribution in [-0.2, 0) is 10.8 Å². The molecule has 14 heteroatoms. The third-order valence-electron chi connectivity index (χ3n) is 11.7. The fourth-order valence-electron chi connectivity index (χ4n) is 9.06. The highest BCUT2D eigenvalue weighted by Crippen LogP contribution is 2.59. The zero-order valence-corrected chi connectivity index (χ0v) is 31.6. The molecular formula is C48H28F12N2. The molecule has 9 rings (SSSR count). The lowest BCUT2D eigenvalue weighted by molar-refractivity contribution is -0.291. The lowest BCUT2D eigenvalue weighted by atomic mass is 9.69. The minimum absolute atomic E-state index is 0.0376.